The minimum Gasteiger partial charge on any atom is -0.296 e. The van der Waals surface area contributed by atoms with Crippen LogP contribution in [0.5, 0.6) is 0 Å². The molecule has 5 aromatic heterocycles. The normalized spacial score (nSPS) is 11.2. The van der Waals surface area contributed by atoms with E-state index in [1.807, 2.05) is 48.5 Å². The SMILES string of the molecule is CCCCc1cc(CN(Cc2cccc(C=O)n2)Cc2cccc(C(C)=O)n2)nc(CN(Cc2cccc(C=O)n2)Cc2cccc(C(C)=O)n2)c1. The Morgan fingerprint density at radius 1 is 0.538 bits per heavy atom. The molecule has 0 unspecified atom stereocenters. The van der Waals surface area contributed by atoms with E-state index in [2.05, 4.69) is 48.8 Å². The van der Waals surface area contributed by atoms with E-state index in [1.165, 1.54) is 13.8 Å². The molecule has 0 aliphatic rings. The van der Waals surface area contributed by atoms with E-state index in [0.29, 0.717) is 62.0 Å². The van der Waals surface area contributed by atoms with Gasteiger partial charge in [-0.15, -0.1) is 0 Å². The molecule has 11 nitrogen and oxygen atoms in total. The Labute approximate surface area is 304 Å². The topological polar surface area (TPSA) is 139 Å². The number of ketones is 2. The molecule has 266 valence electrons. The number of pyridine rings is 5. The van der Waals surface area contributed by atoms with E-state index >= 15 is 0 Å². The molecule has 0 saturated carbocycles. The van der Waals surface area contributed by atoms with Crippen LogP contribution < -0.4 is 0 Å². The standard InChI is InChI=1S/C41H43N7O4/c1-4-5-10-31-19-38(25-47(21-32-11-6-15-36(27-49)42-32)23-34-13-8-17-40(45-34)29(2)51)44-39(20-31)26-48(22-33-12-7-16-37(28-50)43-33)24-35-14-9-18-41(46-35)30(3)52/h6-9,11-20,27-28H,4-5,10,21-26H2,1-3H3. The van der Waals surface area contributed by atoms with Crippen LogP contribution in [0.2, 0.25) is 0 Å². The summed E-state index contributed by atoms with van der Waals surface area (Å²) in [5.41, 5.74) is 7.31. The molecule has 5 aromatic rings. The molecule has 0 aliphatic carbocycles. The smallest absolute Gasteiger partial charge is 0.178 e. The number of aryl methyl sites for hydroxylation is 1. The predicted molar refractivity (Wildman–Crippen MR) is 196 cm³/mol. The summed E-state index contributed by atoms with van der Waals surface area (Å²) in [5.74, 6) is -0.214. The quantitative estimate of drug-likeness (QED) is 0.0696. The van der Waals surface area contributed by atoms with Crippen LogP contribution in [0.15, 0.2) is 84.9 Å². The molecule has 0 radical (unpaired) electrons. The number of rotatable bonds is 19. The third-order valence-electron chi connectivity index (χ3n) is 8.36. The number of aldehydes is 2. The van der Waals surface area contributed by atoms with Gasteiger partial charge in [-0.1, -0.05) is 37.6 Å². The van der Waals surface area contributed by atoms with Crippen LogP contribution in [0.25, 0.3) is 0 Å². The van der Waals surface area contributed by atoms with Gasteiger partial charge in [0.15, 0.2) is 24.1 Å². The second-order valence-corrected chi connectivity index (χ2v) is 12.8. The fraction of sp³-hybridized carbons (Fsp3) is 0.293. The first kappa shape index (κ1) is 37.6. The lowest BCUT2D eigenvalue weighted by Gasteiger charge is -2.24. The highest BCUT2D eigenvalue weighted by Gasteiger charge is 2.17. The maximum absolute atomic E-state index is 12.1. The largest absolute Gasteiger partial charge is 0.296 e. The Bertz CT molecular complexity index is 1900. The lowest BCUT2D eigenvalue weighted by atomic mass is 10.1. The number of carbonyl (C=O) groups excluding carboxylic acids is 4. The van der Waals surface area contributed by atoms with Gasteiger partial charge in [-0.25, -0.2) is 19.9 Å². The Balaban J connectivity index is 1.49. The van der Waals surface area contributed by atoms with Gasteiger partial charge in [0.25, 0.3) is 0 Å². The first-order valence-electron chi connectivity index (χ1n) is 17.4. The van der Waals surface area contributed by atoms with Crippen LogP contribution in [0.4, 0.5) is 0 Å². The van der Waals surface area contributed by atoms with E-state index in [9.17, 15) is 19.2 Å². The Hall–Kier alpha value is -5.65. The fourth-order valence-electron chi connectivity index (χ4n) is 5.95. The summed E-state index contributed by atoms with van der Waals surface area (Å²) in [6.07, 6.45) is 4.41. The van der Waals surface area contributed by atoms with E-state index in [1.54, 1.807) is 24.3 Å². The van der Waals surface area contributed by atoms with Crippen molar-refractivity contribution in [2.45, 2.75) is 79.3 Å². The van der Waals surface area contributed by atoms with Crippen molar-refractivity contribution in [1.29, 1.82) is 0 Å². The maximum atomic E-state index is 12.1. The molecule has 0 bridgehead atoms. The third-order valence-corrected chi connectivity index (χ3v) is 8.36. The van der Waals surface area contributed by atoms with Crippen LogP contribution in [0.3, 0.4) is 0 Å². The molecule has 0 aliphatic heterocycles. The third kappa shape index (κ3) is 11.2. The molecule has 0 saturated heterocycles. The van der Waals surface area contributed by atoms with Gasteiger partial charge in [0.2, 0.25) is 0 Å². The first-order valence-corrected chi connectivity index (χ1v) is 17.4. The van der Waals surface area contributed by atoms with Gasteiger partial charge in [-0.05, 0) is 79.1 Å². The molecule has 52 heavy (non-hydrogen) atoms. The van der Waals surface area contributed by atoms with E-state index in [0.717, 1.165) is 71.6 Å². The lowest BCUT2D eigenvalue weighted by Crippen LogP contribution is -2.26. The zero-order valence-electron chi connectivity index (χ0n) is 29.9. The molecule has 0 amide bonds. The van der Waals surface area contributed by atoms with Crippen LogP contribution in [-0.4, -0.2) is 58.9 Å². The number of carbonyl (C=O) groups is 4. The highest BCUT2D eigenvalue weighted by atomic mass is 16.1. The zero-order chi connectivity index (χ0) is 36.9. The summed E-state index contributed by atoms with van der Waals surface area (Å²) in [4.78, 5) is 75.0. The summed E-state index contributed by atoms with van der Waals surface area (Å²) < 4.78 is 0. The predicted octanol–water partition coefficient (Wildman–Crippen LogP) is 6.44. The van der Waals surface area contributed by atoms with Gasteiger partial charge in [0.05, 0.1) is 34.2 Å². The lowest BCUT2D eigenvalue weighted by molar-refractivity contribution is 0.1000. The van der Waals surface area contributed by atoms with Crippen molar-refractivity contribution in [3.63, 3.8) is 0 Å². The van der Waals surface area contributed by atoms with Crippen molar-refractivity contribution < 1.29 is 19.2 Å². The van der Waals surface area contributed by atoms with E-state index in [4.69, 9.17) is 4.98 Å². The van der Waals surface area contributed by atoms with Crippen molar-refractivity contribution in [1.82, 2.24) is 34.7 Å². The van der Waals surface area contributed by atoms with Crippen molar-refractivity contribution >= 4 is 24.1 Å². The molecule has 0 fully saturated rings. The van der Waals surface area contributed by atoms with Crippen LogP contribution in [-0.2, 0) is 45.7 Å². The van der Waals surface area contributed by atoms with Gasteiger partial charge < -0.3 is 0 Å². The average Bonchev–Trinajstić information content (AvgIpc) is 3.14. The second kappa shape index (κ2) is 18.5. The molecule has 0 N–H and O–H groups in total. The van der Waals surface area contributed by atoms with Crippen molar-refractivity contribution in [3.05, 3.63) is 147 Å². The molecule has 0 aromatic carbocycles. The summed E-state index contributed by atoms with van der Waals surface area (Å²) >= 11 is 0. The van der Waals surface area contributed by atoms with Gasteiger partial charge >= 0.3 is 0 Å². The molecule has 0 spiro atoms. The first-order chi connectivity index (χ1) is 25.2. The molecule has 0 atom stereocenters. The minimum atomic E-state index is -0.107. The highest BCUT2D eigenvalue weighted by Crippen LogP contribution is 2.19. The van der Waals surface area contributed by atoms with Crippen LogP contribution in [0.1, 0.15) is 115 Å². The summed E-state index contributed by atoms with van der Waals surface area (Å²) in [6, 6.07) is 25.9. The van der Waals surface area contributed by atoms with Crippen LogP contribution in [0, 0.1) is 0 Å². The number of hydrogen-bond acceptors (Lipinski definition) is 11. The average molecular weight is 698 g/mol. The monoisotopic (exact) mass is 697 g/mol. The van der Waals surface area contributed by atoms with Gasteiger partial charge in [-0.3, -0.25) is 34.0 Å². The number of Topliss-reactive ketones (excluding diaryl/α,β-unsaturated/α-hetero) is 2. The minimum absolute atomic E-state index is 0.107. The molecule has 5 heterocycles. The molecular weight excluding hydrogens is 654 g/mol. The van der Waals surface area contributed by atoms with Gasteiger partial charge in [-0.2, -0.15) is 0 Å². The maximum Gasteiger partial charge on any atom is 0.178 e. The highest BCUT2D eigenvalue weighted by molar-refractivity contribution is 5.92. The van der Waals surface area contributed by atoms with E-state index < -0.39 is 0 Å². The summed E-state index contributed by atoms with van der Waals surface area (Å²) in [5, 5.41) is 0. The molecule has 11 heteroatoms. The number of hydrogen-bond donors (Lipinski definition) is 0. The number of aromatic nitrogens is 5. The summed E-state index contributed by atoms with van der Waals surface area (Å²) in [7, 11) is 0. The molecular formula is C41H43N7O4. The van der Waals surface area contributed by atoms with Gasteiger partial charge in [0, 0.05) is 53.1 Å². The van der Waals surface area contributed by atoms with Crippen molar-refractivity contribution in [2.24, 2.45) is 0 Å². The van der Waals surface area contributed by atoms with Crippen molar-refractivity contribution in [2.75, 3.05) is 0 Å². The Morgan fingerprint density at radius 3 is 1.31 bits per heavy atom. The zero-order valence-corrected chi connectivity index (χ0v) is 29.9. The second-order valence-electron chi connectivity index (χ2n) is 12.8. The number of nitrogens with zero attached hydrogens (tertiary/aromatic N) is 7. The fourth-order valence-corrected chi connectivity index (χ4v) is 5.95. The Morgan fingerprint density at radius 2 is 0.923 bits per heavy atom. The van der Waals surface area contributed by atoms with Crippen LogP contribution >= 0.6 is 0 Å². The van der Waals surface area contributed by atoms with Crippen molar-refractivity contribution in [3.8, 4) is 0 Å². The Kier molecular flexibility index (Phi) is 13.4. The number of unbranched alkanes of at least 4 members (excludes halogenated alkanes) is 1. The van der Waals surface area contributed by atoms with E-state index in [-0.39, 0.29) is 11.6 Å². The molecule has 5 rings (SSSR count). The van der Waals surface area contributed by atoms with Gasteiger partial charge in [0.1, 0.15) is 22.8 Å². The summed E-state index contributed by atoms with van der Waals surface area (Å²) in [6.45, 7) is 7.77.